The molecule has 6 heteroatoms. The van der Waals surface area contributed by atoms with E-state index in [1.54, 1.807) is 6.07 Å². The summed E-state index contributed by atoms with van der Waals surface area (Å²) in [6.45, 7) is 0. The Kier molecular flexibility index (Phi) is 7.52. The Morgan fingerprint density at radius 1 is 1.38 bits per heavy atom. The molecular weight excluding hydrogens is 276 g/mol. The molecule has 78 valence electrons. The number of hydrogen-bond donors (Lipinski definition) is 1. The minimum atomic E-state index is -1.18. The van der Waals surface area contributed by atoms with Gasteiger partial charge >= 0.3 is 57.4 Å². The Balaban J connectivity index is 0.00000225. The first-order valence-electron chi connectivity index (χ1n) is 3.84. The Labute approximate surface area is 145 Å². The van der Waals surface area contributed by atoms with Gasteiger partial charge in [-0.3, -0.25) is 0 Å². The Morgan fingerprint density at radius 2 is 2.00 bits per heavy atom. The monoisotopic (exact) mass is 281 g/mol. The fourth-order valence-electron chi connectivity index (χ4n) is 0.967. The first-order valence-corrected chi connectivity index (χ1v) is 4.60. The van der Waals surface area contributed by atoms with Crippen molar-refractivity contribution in [2.75, 3.05) is 0 Å². The number of halogens is 2. The van der Waals surface area contributed by atoms with Crippen molar-refractivity contribution < 1.29 is 9.90 Å². The van der Waals surface area contributed by atoms with Crippen LogP contribution in [-0.4, -0.2) is 62.5 Å². The number of aliphatic carboxylic acids is 1. The second-order valence-corrected chi connectivity index (χ2v) is 3.45. The molecule has 0 saturated heterocycles. The summed E-state index contributed by atoms with van der Waals surface area (Å²) >= 11 is 11.4. The van der Waals surface area contributed by atoms with Gasteiger partial charge in [-0.15, -0.1) is 0 Å². The Morgan fingerprint density at radius 3 is 2.44 bits per heavy atom. The van der Waals surface area contributed by atoms with Crippen LogP contribution in [0.1, 0.15) is 5.56 Å². The van der Waals surface area contributed by atoms with Crippen LogP contribution in [0.4, 0.5) is 0 Å². The third-order valence-electron chi connectivity index (χ3n) is 1.62. The van der Waals surface area contributed by atoms with Gasteiger partial charge in [0.25, 0.3) is 0 Å². The van der Waals surface area contributed by atoms with Gasteiger partial charge in [-0.25, -0.2) is 4.79 Å². The number of benzene rings is 1. The quantitative estimate of drug-likeness (QED) is 0.514. The first-order chi connectivity index (χ1) is 7.04. The normalized spacial score (nSPS) is 10.2. The number of nitriles is 1. The summed E-state index contributed by atoms with van der Waals surface area (Å²) in [5.41, 5.74) is 0.454. The van der Waals surface area contributed by atoms with Crippen LogP contribution in [0, 0.1) is 11.3 Å². The SMILES string of the molecule is N#C/C(=C/C(=O)O)c1ccc(Cl)c(Cl)c1.[KH]. The number of carboxylic acid groups (broad SMARTS) is 1. The molecular formula is C10H6Cl2KNO2. The summed E-state index contributed by atoms with van der Waals surface area (Å²) in [5.74, 6) is -1.18. The van der Waals surface area contributed by atoms with E-state index < -0.39 is 5.97 Å². The Hall–Kier alpha value is 0.136. The van der Waals surface area contributed by atoms with Crippen molar-refractivity contribution in [3.63, 3.8) is 0 Å². The summed E-state index contributed by atoms with van der Waals surface area (Å²) in [7, 11) is 0. The molecule has 0 bridgehead atoms. The van der Waals surface area contributed by atoms with E-state index >= 15 is 0 Å². The predicted molar refractivity (Wildman–Crippen MR) is 64.8 cm³/mol. The summed E-state index contributed by atoms with van der Waals surface area (Å²) in [6, 6.07) is 6.26. The van der Waals surface area contributed by atoms with Crippen LogP contribution in [0.15, 0.2) is 24.3 Å². The number of rotatable bonds is 2. The van der Waals surface area contributed by atoms with Crippen molar-refractivity contribution in [3.8, 4) is 6.07 Å². The van der Waals surface area contributed by atoms with Crippen LogP contribution < -0.4 is 0 Å². The van der Waals surface area contributed by atoms with Crippen LogP contribution in [0.5, 0.6) is 0 Å². The molecule has 0 amide bonds. The van der Waals surface area contributed by atoms with Gasteiger partial charge in [0.2, 0.25) is 0 Å². The minimum absolute atomic E-state index is 0. The molecule has 0 heterocycles. The van der Waals surface area contributed by atoms with E-state index in [9.17, 15) is 4.79 Å². The fraction of sp³-hybridized carbons (Fsp3) is 0. The zero-order chi connectivity index (χ0) is 11.4. The van der Waals surface area contributed by atoms with Gasteiger partial charge in [-0.05, 0) is 17.7 Å². The van der Waals surface area contributed by atoms with Gasteiger partial charge in [0.05, 0.1) is 15.6 Å². The molecule has 16 heavy (non-hydrogen) atoms. The topological polar surface area (TPSA) is 61.1 Å². The van der Waals surface area contributed by atoms with E-state index in [-0.39, 0.29) is 62.0 Å². The molecule has 0 spiro atoms. The molecule has 1 rings (SSSR count). The predicted octanol–water partition coefficient (Wildman–Crippen LogP) is 2.34. The van der Waals surface area contributed by atoms with Crippen molar-refractivity contribution in [1.82, 2.24) is 0 Å². The molecule has 0 aliphatic heterocycles. The van der Waals surface area contributed by atoms with E-state index in [1.807, 2.05) is 0 Å². The van der Waals surface area contributed by atoms with Crippen LogP contribution in [0.3, 0.4) is 0 Å². The molecule has 0 fully saturated rings. The number of hydrogen-bond acceptors (Lipinski definition) is 2. The van der Waals surface area contributed by atoms with Gasteiger partial charge in [0, 0.05) is 6.08 Å². The van der Waals surface area contributed by atoms with Gasteiger partial charge in [-0.1, -0.05) is 29.3 Å². The van der Waals surface area contributed by atoms with Gasteiger partial charge in [-0.2, -0.15) is 5.26 Å². The van der Waals surface area contributed by atoms with Crippen molar-refractivity contribution in [2.45, 2.75) is 0 Å². The van der Waals surface area contributed by atoms with Gasteiger partial charge in [0.15, 0.2) is 0 Å². The third-order valence-corrected chi connectivity index (χ3v) is 2.36. The zero-order valence-electron chi connectivity index (χ0n) is 7.37. The molecule has 1 N–H and O–H groups in total. The summed E-state index contributed by atoms with van der Waals surface area (Å²) < 4.78 is 0. The fourth-order valence-corrected chi connectivity index (χ4v) is 1.27. The van der Waals surface area contributed by atoms with Crippen molar-refractivity contribution in [2.24, 2.45) is 0 Å². The molecule has 3 nitrogen and oxygen atoms in total. The van der Waals surface area contributed by atoms with Crippen molar-refractivity contribution >= 4 is 86.1 Å². The maximum absolute atomic E-state index is 10.4. The standard InChI is InChI=1S/C10H5Cl2NO2.K.H/c11-8-2-1-6(3-9(8)12)7(5-13)4-10(14)15;;/h1-4H,(H,14,15);;/b7-4-;;. The summed E-state index contributed by atoms with van der Waals surface area (Å²) in [6.07, 6.45) is 0.819. The van der Waals surface area contributed by atoms with Crippen LogP contribution in [0.2, 0.25) is 10.0 Å². The average Bonchev–Trinajstić information content (AvgIpc) is 2.18. The van der Waals surface area contributed by atoms with Gasteiger partial charge < -0.3 is 5.11 Å². The van der Waals surface area contributed by atoms with Crippen molar-refractivity contribution in [3.05, 3.63) is 39.9 Å². The summed E-state index contributed by atoms with van der Waals surface area (Å²) in [5, 5.41) is 17.9. The zero-order valence-corrected chi connectivity index (χ0v) is 8.88. The van der Waals surface area contributed by atoms with E-state index in [0.29, 0.717) is 10.6 Å². The second-order valence-electron chi connectivity index (χ2n) is 2.64. The third kappa shape index (κ3) is 4.56. The van der Waals surface area contributed by atoms with Crippen LogP contribution in [0.25, 0.3) is 5.57 Å². The maximum atomic E-state index is 10.4. The molecule has 1 aromatic rings. The molecule has 0 saturated carbocycles. The van der Waals surface area contributed by atoms with Crippen LogP contribution in [-0.2, 0) is 4.79 Å². The van der Waals surface area contributed by atoms with Gasteiger partial charge in [0.1, 0.15) is 6.07 Å². The van der Waals surface area contributed by atoms with Crippen LogP contribution >= 0.6 is 23.2 Å². The molecule has 0 unspecified atom stereocenters. The number of nitrogens with zero attached hydrogens (tertiary/aromatic N) is 1. The van der Waals surface area contributed by atoms with Crippen molar-refractivity contribution in [1.29, 1.82) is 5.26 Å². The number of carbonyl (C=O) groups is 1. The number of allylic oxidation sites excluding steroid dienone is 1. The Bertz CT molecular complexity index is 480. The average molecular weight is 282 g/mol. The molecule has 0 radical (unpaired) electrons. The van der Waals surface area contributed by atoms with E-state index in [4.69, 9.17) is 33.6 Å². The van der Waals surface area contributed by atoms with E-state index in [1.165, 1.54) is 18.2 Å². The number of carboxylic acids is 1. The molecule has 1 aromatic carbocycles. The van der Waals surface area contributed by atoms with E-state index in [2.05, 4.69) is 0 Å². The van der Waals surface area contributed by atoms with E-state index in [0.717, 1.165) is 6.08 Å². The first kappa shape index (κ1) is 16.1. The molecule has 0 aliphatic carbocycles. The molecule has 0 atom stereocenters. The molecule has 0 aromatic heterocycles. The molecule has 0 aliphatic rings. The second kappa shape index (κ2) is 7.46. The summed E-state index contributed by atoms with van der Waals surface area (Å²) in [4.78, 5) is 10.4.